The molecule has 0 aliphatic carbocycles. The molecule has 6 nitrogen and oxygen atoms in total. The van der Waals surface area contributed by atoms with Crippen LogP contribution in [0.5, 0.6) is 0 Å². The Bertz CT molecular complexity index is 853. The van der Waals surface area contributed by atoms with Crippen molar-refractivity contribution in [3.8, 4) is 0 Å². The molecule has 2 aromatic carbocycles. The highest BCUT2D eigenvalue weighted by molar-refractivity contribution is 6.00. The summed E-state index contributed by atoms with van der Waals surface area (Å²) in [7, 11) is 0. The molecule has 2 aliphatic heterocycles. The average Bonchev–Trinajstić information content (AvgIpc) is 3.08. The van der Waals surface area contributed by atoms with Gasteiger partial charge in [0.05, 0.1) is 6.42 Å². The summed E-state index contributed by atoms with van der Waals surface area (Å²) in [6.45, 7) is 3.58. The average molecular weight is 378 g/mol. The quantitative estimate of drug-likeness (QED) is 0.748. The minimum absolute atomic E-state index is 0.00746. The molecule has 1 atom stereocenters. The molecule has 2 aromatic rings. The molecular formula is C22H26N4O2. The van der Waals surface area contributed by atoms with Crippen LogP contribution in [0.15, 0.2) is 48.5 Å². The Morgan fingerprint density at radius 1 is 1.18 bits per heavy atom. The summed E-state index contributed by atoms with van der Waals surface area (Å²) in [6, 6.07) is 15.9. The lowest BCUT2D eigenvalue weighted by Crippen LogP contribution is -2.41. The van der Waals surface area contributed by atoms with E-state index in [1.807, 2.05) is 12.1 Å². The maximum atomic E-state index is 12.2. The monoisotopic (exact) mass is 378 g/mol. The number of fused-ring (bicyclic) bond motifs is 1. The Morgan fingerprint density at radius 2 is 2.04 bits per heavy atom. The van der Waals surface area contributed by atoms with E-state index in [1.165, 1.54) is 18.4 Å². The van der Waals surface area contributed by atoms with Gasteiger partial charge in [-0.1, -0.05) is 30.3 Å². The van der Waals surface area contributed by atoms with E-state index < -0.39 is 0 Å². The molecule has 1 unspecified atom stereocenters. The van der Waals surface area contributed by atoms with Crippen molar-refractivity contribution in [2.75, 3.05) is 36.8 Å². The molecule has 0 aromatic heterocycles. The number of carbonyl (C=O) groups is 2. The number of rotatable bonds is 5. The van der Waals surface area contributed by atoms with Gasteiger partial charge >= 0.3 is 6.03 Å². The number of benzene rings is 2. The molecule has 1 saturated heterocycles. The van der Waals surface area contributed by atoms with Gasteiger partial charge in [-0.25, -0.2) is 4.79 Å². The maximum absolute atomic E-state index is 12.2. The third-order valence-corrected chi connectivity index (χ3v) is 5.48. The topological polar surface area (TPSA) is 73.5 Å². The SMILES string of the molecule is O=C1Cc2cc(NC(=O)NCCN3CCCC(c4ccccc4)C3)ccc2N1. The highest BCUT2D eigenvalue weighted by Gasteiger charge is 2.21. The van der Waals surface area contributed by atoms with E-state index in [0.717, 1.165) is 30.9 Å². The van der Waals surface area contributed by atoms with Gasteiger partial charge in [0.2, 0.25) is 5.91 Å². The van der Waals surface area contributed by atoms with Crippen LogP contribution in [0, 0.1) is 0 Å². The second-order valence-electron chi connectivity index (χ2n) is 7.53. The standard InChI is InChI=1S/C22H26N4O2/c27-21-14-18-13-19(8-9-20(18)25-21)24-22(28)23-10-12-26-11-4-7-17(15-26)16-5-2-1-3-6-16/h1-3,5-6,8-9,13,17H,4,7,10-12,14-15H2,(H,25,27)(H2,23,24,28). The van der Waals surface area contributed by atoms with Crippen molar-refractivity contribution in [2.45, 2.75) is 25.2 Å². The summed E-state index contributed by atoms with van der Waals surface area (Å²) in [5, 5.41) is 8.58. The van der Waals surface area contributed by atoms with Crippen molar-refractivity contribution in [3.63, 3.8) is 0 Å². The molecule has 0 bridgehead atoms. The zero-order valence-corrected chi connectivity index (χ0v) is 15.9. The van der Waals surface area contributed by atoms with Gasteiger partial charge in [0.1, 0.15) is 0 Å². The van der Waals surface area contributed by atoms with Crippen LogP contribution in [0.1, 0.15) is 29.9 Å². The molecule has 3 N–H and O–H groups in total. The Labute approximate surface area is 165 Å². The highest BCUT2D eigenvalue weighted by Crippen LogP contribution is 2.27. The Kier molecular flexibility index (Phi) is 5.58. The van der Waals surface area contributed by atoms with E-state index in [9.17, 15) is 9.59 Å². The third-order valence-electron chi connectivity index (χ3n) is 5.48. The van der Waals surface area contributed by atoms with Crippen molar-refractivity contribution in [1.82, 2.24) is 10.2 Å². The van der Waals surface area contributed by atoms with Crippen molar-refractivity contribution in [2.24, 2.45) is 0 Å². The first kappa shape index (κ1) is 18.5. The fourth-order valence-corrected chi connectivity index (χ4v) is 4.07. The summed E-state index contributed by atoms with van der Waals surface area (Å²) in [5.41, 5.74) is 3.86. The van der Waals surface area contributed by atoms with Crippen molar-refractivity contribution in [3.05, 3.63) is 59.7 Å². The van der Waals surface area contributed by atoms with Crippen LogP contribution in [0.25, 0.3) is 0 Å². The van der Waals surface area contributed by atoms with Crippen molar-refractivity contribution < 1.29 is 9.59 Å². The van der Waals surface area contributed by atoms with Gasteiger partial charge in [0, 0.05) is 31.0 Å². The summed E-state index contributed by atoms with van der Waals surface area (Å²) in [6.07, 6.45) is 2.78. The fourth-order valence-electron chi connectivity index (χ4n) is 4.07. The molecule has 6 heteroatoms. The van der Waals surface area contributed by atoms with E-state index in [-0.39, 0.29) is 11.9 Å². The van der Waals surface area contributed by atoms with E-state index in [1.54, 1.807) is 6.07 Å². The summed E-state index contributed by atoms with van der Waals surface area (Å²) >= 11 is 0. The molecule has 3 amide bonds. The Morgan fingerprint density at radius 3 is 2.89 bits per heavy atom. The van der Waals surface area contributed by atoms with Crippen LogP contribution < -0.4 is 16.0 Å². The summed E-state index contributed by atoms with van der Waals surface area (Å²) in [4.78, 5) is 26.0. The molecule has 0 spiro atoms. The Hall–Kier alpha value is -2.86. The second kappa shape index (κ2) is 8.44. The number of likely N-dealkylation sites (tertiary alicyclic amines) is 1. The van der Waals surface area contributed by atoms with Crippen LogP contribution >= 0.6 is 0 Å². The van der Waals surface area contributed by atoms with Crippen molar-refractivity contribution in [1.29, 1.82) is 0 Å². The predicted octanol–water partition coefficient (Wildman–Crippen LogP) is 3.18. The number of urea groups is 1. The lowest BCUT2D eigenvalue weighted by atomic mass is 9.91. The molecule has 146 valence electrons. The zero-order chi connectivity index (χ0) is 19.3. The van der Waals surface area contributed by atoms with Gasteiger partial charge in [0.15, 0.2) is 0 Å². The highest BCUT2D eigenvalue weighted by atomic mass is 16.2. The normalized spacial score (nSPS) is 19.0. The molecule has 1 fully saturated rings. The number of carbonyl (C=O) groups excluding carboxylic acids is 2. The van der Waals surface area contributed by atoms with E-state index >= 15 is 0 Å². The van der Waals surface area contributed by atoms with Crippen LogP contribution in [0.3, 0.4) is 0 Å². The van der Waals surface area contributed by atoms with Gasteiger partial charge in [-0.15, -0.1) is 0 Å². The molecule has 0 saturated carbocycles. The van der Waals surface area contributed by atoms with Gasteiger partial charge in [-0.3, -0.25) is 4.79 Å². The fraction of sp³-hybridized carbons (Fsp3) is 0.364. The molecule has 2 heterocycles. The first-order valence-electron chi connectivity index (χ1n) is 9.92. The number of hydrogen-bond donors (Lipinski definition) is 3. The van der Waals surface area contributed by atoms with E-state index in [2.05, 4.69) is 51.2 Å². The van der Waals surface area contributed by atoms with Crippen molar-refractivity contribution >= 4 is 23.3 Å². The minimum Gasteiger partial charge on any atom is -0.337 e. The molecule has 28 heavy (non-hydrogen) atoms. The first-order chi connectivity index (χ1) is 13.7. The zero-order valence-electron chi connectivity index (χ0n) is 15.9. The van der Waals surface area contributed by atoms with Gasteiger partial charge < -0.3 is 20.9 Å². The van der Waals surface area contributed by atoms with E-state index in [4.69, 9.17) is 0 Å². The minimum atomic E-state index is -0.214. The molecule has 2 aliphatic rings. The van der Waals surface area contributed by atoms with Crippen LogP contribution in [0.2, 0.25) is 0 Å². The maximum Gasteiger partial charge on any atom is 0.319 e. The number of anilines is 2. The summed E-state index contributed by atoms with van der Waals surface area (Å²) in [5.74, 6) is 0.568. The number of piperidine rings is 1. The molecule has 4 rings (SSSR count). The number of nitrogens with one attached hydrogen (secondary N) is 3. The van der Waals surface area contributed by atoms with Crippen LogP contribution in [-0.2, 0) is 11.2 Å². The molecule has 0 radical (unpaired) electrons. The number of nitrogens with zero attached hydrogens (tertiary/aromatic N) is 1. The predicted molar refractivity (Wildman–Crippen MR) is 111 cm³/mol. The van der Waals surface area contributed by atoms with E-state index in [0.29, 0.717) is 24.6 Å². The lowest BCUT2D eigenvalue weighted by Gasteiger charge is -2.33. The smallest absolute Gasteiger partial charge is 0.319 e. The molecular weight excluding hydrogens is 352 g/mol. The van der Waals surface area contributed by atoms with Gasteiger partial charge in [-0.2, -0.15) is 0 Å². The first-order valence-corrected chi connectivity index (χ1v) is 9.92. The lowest BCUT2D eigenvalue weighted by molar-refractivity contribution is -0.115. The largest absolute Gasteiger partial charge is 0.337 e. The number of hydrogen-bond acceptors (Lipinski definition) is 3. The van der Waals surface area contributed by atoms with Crippen LogP contribution in [-0.4, -0.2) is 43.0 Å². The summed E-state index contributed by atoms with van der Waals surface area (Å²) < 4.78 is 0. The Balaban J connectivity index is 1.22. The van der Waals surface area contributed by atoms with Gasteiger partial charge in [-0.05, 0) is 54.6 Å². The second-order valence-corrected chi connectivity index (χ2v) is 7.53. The van der Waals surface area contributed by atoms with Crippen LogP contribution in [0.4, 0.5) is 16.2 Å². The third kappa shape index (κ3) is 4.51. The van der Waals surface area contributed by atoms with Gasteiger partial charge in [0.25, 0.3) is 0 Å². The number of amides is 3.